The van der Waals surface area contributed by atoms with E-state index in [0.717, 1.165) is 6.42 Å². The zero-order chi connectivity index (χ0) is 8.27. The maximum Gasteiger partial charge on any atom is 0.0605 e. The first-order valence-corrected chi connectivity index (χ1v) is 5.45. The Morgan fingerprint density at radius 3 is 2.64 bits per heavy atom. The molecule has 2 atom stereocenters. The smallest absolute Gasteiger partial charge is 0.0605 e. The molecule has 1 N–H and O–H groups in total. The Balaban J connectivity index is 2.54. The number of aliphatic hydroxyl groups excluding tert-OH is 1. The van der Waals surface area contributed by atoms with Crippen molar-refractivity contribution < 1.29 is 5.11 Å². The van der Waals surface area contributed by atoms with Gasteiger partial charge in [-0.25, -0.2) is 0 Å². The van der Waals surface area contributed by atoms with Gasteiger partial charge in [-0.1, -0.05) is 41.0 Å². The van der Waals surface area contributed by atoms with Gasteiger partial charge < -0.3 is 5.11 Å². The summed E-state index contributed by atoms with van der Waals surface area (Å²) in [4.78, 5) is 0. The van der Waals surface area contributed by atoms with Crippen LogP contribution in [-0.4, -0.2) is 11.2 Å². The maximum atomic E-state index is 9.63. The van der Waals surface area contributed by atoms with Crippen LogP contribution in [0.25, 0.3) is 0 Å². The molecule has 0 aliphatic heterocycles. The summed E-state index contributed by atoms with van der Waals surface area (Å²) in [6.45, 7) is 2.12. The molecule has 1 fully saturated rings. The Morgan fingerprint density at radius 1 is 1.45 bits per heavy atom. The predicted octanol–water partition coefficient (Wildman–Crippen LogP) is 2.88. The molecule has 2 heteroatoms. The summed E-state index contributed by atoms with van der Waals surface area (Å²) in [6, 6.07) is 0. The third-order valence-corrected chi connectivity index (χ3v) is 3.47. The fourth-order valence-electron chi connectivity index (χ4n) is 1.72. The third-order valence-electron chi connectivity index (χ3n) is 2.49. The van der Waals surface area contributed by atoms with Gasteiger partial charge in [0.2, 0.25) is 0 Å². The first kappa shape index (κ1) is 9.52. The van der Waals surface area contributed by atoms with E-state index in [1.807, 2.05) is 0 Å². The summed E-state index contributed by atoms with van der Waals surface area (Å²) in [5.41, 5.74) is 1.35. The van der Waals surface area contributed by atoms with Crippen molar-refractivity contribution in [1.29, 1.82) is 0 Å². The summed E-state index contributed by atoms with van der Waals surface area (Å²) in [6.07, 6.45) is 4.57. The normalized spacial score (nSPS) is 33.9. The number of rotatable bonds is 1. The first-order chi connectivity index (χ1) is 5.25. The Morgan fingerprint density at radius 2 is 2.09 bits per heavy atom. The molecule has 1 rings (SSSR count). The van der Waals surface area contributed by atoms with Gasteiger partial charge in [0, 0.05) is 5.92 Å². The van der Waals surface area contributed by atoms with Gasteiger partial charge in [-0.05, 0) is 23.8 Å². The van der Waals surface area contributed by atoms with E-state index in [-0.39, 0.29) is 6.10 Å². The van der Waals surface area contributed by atoms with Gasteiger partial charge in [0.05, 0.1) is 6.10 Å². The highest BCUT2D eigenvalue weighted by Crippen LogP contribution is 2.30. The van der Waals surface area contributed by atoms with E-state index in [2.05, 4.69) is 33.6 Å². The van der Waals surface area contributed by atoms with Crippen molar-refractivity contribution in [2.24, 2.45) is 5.92 Å². The maximum absolute atomic E-state index is 9.63. The minimum atomic E-state index is -0.0743. The zero-order valence-corrected chi connectivity index (χ0v) is 9.04. The first-order valence-electron chi connectivity index (χ1n) is 4.20. The topological polar surface area (TPSA) is 20.2 Å². The van der Waals surface area contributed by atoms with Crippen molar-refractivity contribution in [2.45, 2.75) is 38.7 Å². The van der Waals surface area contributed by atoms with Gasteiger partial charge in [-0.2, -0.15) is 0 Å². The molecule has 1 saturated carbocycles. The third kappa shape index (κ3) is 2.44. The van der Waals surface area contributed by atoms with Crippen molar-refractivity contribution in [1.82, 2.24) is 0 Å². The number of hydrogen-bond acceptors (Lipinski definition) is 1. The van der Waals surface area contributed by atoms with Crippen LogP contribution in [0.5, 0.6) is 0 Å². The molecule has 0 amide bonds. The highest BCUT2D eigenvalue weighted by Gasteiger charge is 2.23. The van der Waals surface area contributed by atoms with Gasteiger partial charge >= 0.3 is 0 Å². The highest BCUT2D eigenvalue weighted by molar-refractivity contribution is 14.1. The summed E-state index contributed by atoms with van der Waals surface area (Å²) in [5.74, 6) is 0.445. The molecule has 0 unspecified atom stereocenters. The quantitative estimate of drug-likeness (QED) is 0.723. The zero-order valence-electron chi connectivity index (χ0n) is 6.89. The van der Waals surface area contributed by atoms with Crippen molar-refractivity contribution in [2.75, 3.05) is 0 Å². The molecule has 1 aliphatic rings. The molecular weight excluding hydrogens is 251 g/mol. The monoisotopic (exact) mass is 266 g/mol. The van der Waals surface area contributed by atoms with Crippen molar-refractivity contribution >= 4 is 22.6 Å². The average molecular weight is 266 g/mol. The Hall–Kier alpha value is 0.430. The summed E-state index contributed by atoms with van der Waals surface area (Å²) >= 11 is 2.25. The molecule has 1 aliphatic carbocycles. The summed E-state index contributed by atoms with van der Waals surface area (Å²) < 4.78 is 2.09. The second-order valence-electron chi connectivity index (χ2n) is 3.31. The lowest BCUT2D eigenvalue weighted by Crippen LogP contribution is -2.24. The van der Waals surface area contributed by atoms with Crippen LogP contribution in [-0.2, 0) is 0 Å². The lowest BCUT2D eigenvalue weighted by atomic mass is 9.83. The van der Waals surface area contributed by atoms with Gasteiger partial charge in [0.15, 0.2) is 0 Å². The van der Waals surface area contributed by atoms with Crippen LogP contribution in [0.1, 0.15) is 32.6 Å². The van der Waals surface area contributed by atoms with Gasteiger partial charge in [0.25, 0.3) is 0 Å². The lowest BCUT2D eigenvalue weighted by Gasteiger charge is -2.27. The van der Waals surface area contributed by atoms with Crippen LogP contribution in [0, 0.1) is 5.92 Å². The minimum absolute atomic E-state index is 0.0743. The van der Waals surface area contributed by atoms with Crippen LogP contribution >= 0.6 is 22.6 Å². The molecule has 0 bridgehead atoms. The number of hydrogen-bond donors (Lipinski definition) is 1. The molecule has 0 radical (unpaired) electrons. The minimum Gasteiger partial charge on any atom is -0.393 e. The van der Waals surface area contributed by atoms with E-state index in [1.54, 1.807) is 0 Å². The highest BCUT2D eigenvalue weighted by atomic mass is 127. The molecule has 0 aromatic carbocycles. The second-order valence-corrected chi connectivity index (χ2v) is 3.93. The average Bonchev–Trinajstić information content (AvgIpc) is 2.04. The molecule has 0 aromatic rings. The fraction of sp³-hybridized carbons (Fsp3) is 0.778. The van der Waals surface area contributed by atoms with Crippen LogP contribution in [0.15, 0.2) is 9.66 Å². The Labute approximate surface area is 82.0 Å². The fourth-order valence-corrected chi connectivity index (χ4v) is 2.19. The van der Waals surface area contributed by atoms with E-state index < -0.39 is 0 Å². The Bertz CT molecular complexity index is 154. The van der Waals surface area contributed by atoms with Gasteiger partial charge in [-0.15, -0.1) is 0 Å². The van der Waals surface area contributed by atoms with E-state index in [1.165, 1.54) is 24.8 Å². The summed E-state index contributed by atoms with van der Waals surface area (Å²) in [5, 5.41) is 9.63. The molecular formula is C9H15IO. The molecule has 0 aromatic heterocycles. The molecule has 0 saturated heterocycles. The van der Waals surface area contributed by atoms with Crippen LogP contribution in [0.3, 0.4) is 0 Å². The molecule has 1 nitrogen and oxygen atoms in total. The van der Waals surface area contributed by atoms with Crippen molar-refractivity contribution in [3.05, 3.63) is 9.66 Å². The van der Waals surface area contributed by atoms with Crippen molar-refractivity contribution in [3.8, 4) is 0 Å². The number of halogens is 1. The van der Waals surface area contributed by atoms with E-state index in [4.69, 9.17) is 0 Å². The number of aliphatic hydroxyl groups is 1. The predicted molar refractivity (Wildman–Crippen MR) is 55.7 cm³/mol. The van der Waals surface area contributed by atoms with Crippen molar-refractivity contribution in [3.63, 3.8) is 0 Å². The summed E-state index contributed by atoms with van der Waals surface area (Å²) in [7, 11) is 0. The lowest BCUT2D eigenvalue weighted by molar-refractivity contribution is 0.0876. The van der Waals surface area contributed by atoms with Gasteiger partial charge in [0.1, 0.15) is 0 Å². The largest absolute Gasteiger partial charge is 0.393 e. The van der Waals surface area contributed by atoms with E-state index in [0.29, 0.717) is 5.92 Å². The molecule has 0 heterocycles. The molecule has 0 spiro atoms. The van der Waals surface area contributed by atoms with E-state index >= 15 is 0 Å². The standard InChI is InChI=1S/C9H15IO/c1-7(6-10)8-4-2-3-5-9(8)11/h6,8-9,11H,2-5H2,1H3/b7-6+/t8-,9+/m1/s1. The van der Waals surface area contributed by atoms with E-state index in [9.17, 15) is 5.11 Å². The molecule has 64 valence electrons. The van der Waals surface area contributed by atoms with Crippen LogP contribution in [0.4, 0.5) is 0 Å². The van der Waals surface area contributed by atoms with Crippen LogP contribution in [0.2, 0.25) is 0 Å². The SMILES string of the molecule is C/C(=C\I)[C@H]1CCCC[C@@H]1O. The van der Waals surface area contributed by atoms with Gasteiger partial charge in [-0.3, -0.25) is 0 Å². The Kier molecular flexibility index (Phi) is 3.85. The van der Waals surface area contributed by atoms with Crippen LogP contribution < -0.4 is 0 Å². The second kappa shape index (κ2) is 4.45. The molecule has 11 heavy (non-hydrogen) atoms.